The van der Waals surface area contributed by atoms with E-state index in [-0.39, 0.29) is 16.4 Å². The number of nitrogens with zero attached hydrogens (tertiary/aromatic N) is 6. The van der Waals surface area contributed by atoms with Crippen LogP contribution in [0.5, 0.6) is 5.75 Å². The predicted octanol–water partition coefficient (Wildman–Crippen LogP) is 6.78. The van der Waals surface area contributed by atoms with E-state index < -0.39 is 0 Å². The number of Topliss-reactive ketones (excluding diaryl/α,β-unsaturated/α-hetero) is 1. The Kier molecular flexibility index (Phi) is 10.2. The maximum atomic E-state index is 12.1. The Morgan fingerprint density at radius 3 is 2.31 bits per heavy atom. The number of rotatable bonds is 11. The smallest absolute Gasteiger partial charge is 0.269 e. The molecule has 0 amide bonds. The molecule has 1 aromatic heterocycles. The highest BCUT2D eigenvalue weighted by atomic mass is 35.5. The minimum absolute atomic E-state index is 0.0630. The molecule has 0 aliphatic carbocycles. The molecule has 3 heterocycles. The average Bonchev–Trinajstić information content (AvgIpc) is 3.11. The summed E-state index contributed by atoms with van der Waals surface area (Å²) >= 11 is 6.40. The molecule has 6 rings (SSSR count). The number of nitrogens with one attached hydrogen (secondary N) is 2. The molecule has 0 unspecified atom stereocenters. The Bertz CT molecular complexity index is 1760. The monoisotopic (exact) mass is 670 g/mol. The molecule has 3 aromatic carbocycles. The van der Waals surface area contributed by atoms with E-state index in [4.69, 9.17) is 16.3 Å². The molecule has 0 atom stereocenters. The highest BCUT2D eigenvalue weighted by Gasteiger charge is 2.25. The van der Waals surface area contributed by atoms with E-state index in [9.17, 15) is 14.9 Å². The van der Waals surface area contributed by atoms with Crippen molar-refractivity contribution in [2.45, 2.75) is 19.8 Å². The lowest BCUT2D eigenvalue weighted by atomic mass is 9.95. The molecule has 2 aliphatic rings. The summed E-state index contributed by atoms with van der Waals surface area (Å²) in [6.45, 7) is 8.38. The van der Waals surface area contributed by atoms with Gasteiger partial charge in [-0.2, -0.15) is 4.98 Å². The van der Waals surface area contributed by atoms with Crippen molar-refractivity contribution in [2.24, 2.45) is 5.92 Å². The standard InChI is InChI=1S/C35H39ClN8O4/c1-24(45)29-5-3-4-6-31(29)38-34-30(36)22-37-35(40-34)39-32-12-11-28(21-33(32)48-2)43-19-17-41(18-20-43)23-25-13-15-42(16-14-25)26-7-9-27(10-8-26)44(46)47/h3-12,21-22,25H,13-20,23H2,1-2H3,(H2,37,38,39,40). The van der Waals surface area contributed by atoms with Gasteiger partial charge >= 0.3 is 0 Å². The van der Waals surface area contributed by atoms with Gasteiger partial charge in [-0.05, 0) is 62.1 Å². The van der Waals surface area contributed by atoms with Crippen LogP contribution in [0.3, 0.4) is 0 Å². The Labute approximate surface area is 284 Å². The SMILES string of the molecule is COc1cc(N2CCN(CC3CCN(c4ccc([N+](=O)[O-])cc4)CC3)CC2)ccc1Nc1ncc(Cl)c(Nc2ccccc2C(C)=O)n1. The third-order valence-electron chi connectivity index (χ3n) is 9.03. The lowest BCUT2D eigenvalue weighted by molar-refractivity contribution is -0.384. The Morgan fingerprint density at radius 2 is 1.62 bits per heavy atom. The van der Waals surface area contributed by atoms with Gasteiger partial charge < -0.3 is 25.2 Å². The molecule has 0 radical (unpaired) electrons. The fraction of sp³-hybridized carbons (Fsp3) is 0.343. The summed E-state index contributed by atoms with van der Waals surface area (Å²) in [5.41, 5.74) is 4.15. The van der Waals surface area contributed by atoms with Crippen LogP contribution in [0.15, 0.2) is 72.9 Å². The number of carbonyl (C=O) groups excluding carboxylic acids is 1. The van der Waals surface area contributed by atoms with Gasteiger partial charge in [-0.1, -0.05) is 23.7 Å². The molecule has 250 valence electrons. The number of piperazine rings is 1. The van der Waals surface area contributed by atoms with E-state index in [0.29, 0.717) is 39.7 Å². The molecular weight excluding hydrogens is 632 g/mol. The van der Waals surface area contributed by atoms with Crippen LogP contribution in [0, 0.1) is 16.0 Å². The van der Waals surface area contributed by atoms with Gasteiger partial charge in [0.05, 0.1) is 29.6 Å². The van der Waals surface area contributed by atoms with Crippen LogP contribution in [-0.4, -0.2) is 78.5 Å². The number of methoxy groups -OCH3 is 1. The molecule has 13 heteroatoms. The zero-order chi connectivity index (χ0) is 33.6. The fourth-order valence-electron chi connectivity index (χ4n) is 6.35. The summed E-state index contributed by atoms with van der Waals surface area (Å²) in [5.74, 6) is 1.97. The van der Waals surface area contributed by atoms with Gasteiger partial charge in [-0.3, -0.25) is 19.8 Å². The van der Waals surface area contributed by atoms with Crippen molar-refractivity contribution in [1.29, 1.82) is 0 Å². The van der Waals surface area contributed by atoms with E-state index in [2.05, 4.69) is 41.4 Å². The van der Waals surface area contributed by atoms with Crippen LogP contribution >= 0.6 is 11.6 Å². The van der Waals surface area contributed by atoms with Crippen molar-refractivity contribution in [2.75, 3.05) is 73.4 Å². The molecule has 0 spiro atoms. The van der Waals surface area contributed by atoms with Crippen molar-refractivity contribution < 1.29 is 14.5 Å². The number of aromatic nitrogens is 2. The molecule has 2 saturated heterocycles. The van der Waals surface area contributed by atoms with Gasteiger partial charge in [-0.15, -0.1) is 0 Å². The molecule has 2 aliphatic heterocycles. The number of benzene rings is 3. The first-order valence-electron chi connectivity index (χ1n) is 16.1. The second kappa shape index (κ2) is 14.9. The van der Waals surface area contributed by atoms with Crippen molar-refractivity contribution in [3.8, 4) is 5.75 Å². The van der Waals surface area contributed by atoms with Gasteiger partial charge in [0.25, 0.3) is 5.69 Å². The molecule has 12 nitrogen and oxygen atoms in total. The zero-order valence-corrected chi connectivity index (χ0v) is 27.8. The van der Waals surface area contributed by atoms with Crippen LogP contribution in [0.1, 0.15) is 30.1 Å². The van der Waals surface area contributed by atoms with Crippen LogP contribution in [0.25, 0.3) is 0 Å². The number of ether oxygens (including phenoxy) is 1. The molecule has 48 heavy (non-hydrogen) atoms. The number of para-hydroxylation sites is 1. The quantitative estimate of drug-likeness (QED) is 0.0996. The number of non-ortho nitro benzene ring substituents is 1. The molecule has 0 bridgehead atoms. The molecule has 2 fully saturated rings. The average molecular weight is 671 g/mol. The lowest BCUT2D eigenvalue weighted by Crippen LogP contribution is -2.49. The first kappa shape index (κ1) is 33.0. The maximum Gasteiger partial charge on any atom is 0.269 e. The van der Waals surface area contributed by atoms with Crippen molar-refractivity contribution >= 4 is 57.6 Å². The number of nitro groups is 1. The summed E-state index contributed by atoms with van der Waals surface area (Å²) in [4.78, 5) is 38.9. The van der Waals surface area contributed by atoms with Gasteiger partial charge in [0.2, 0.25) is 5.95 Å². The van der Waals surface area contributed by atoms with E-state index in [1.165, 1.54) is 13.1 Å². The number of anilines is 6. The van der Waals surface area contributed by atoms with E-state index in [1.54, 1.807) is 31.4 Å². The summed E-state index contributed by atoms with van der Waals surface area (Å²) in [7, 11) is 1.64. The number of hydrogen-bond donors (Lipinski definition) is 2. The second-order valence-corrected chi connectivity index (χ2v) is 12.5. The fourth-order valence-corrected chi connectivity index (χ4v) is 6.49. The zero-order valence-electron chi connectivity index (χ0n) is 27.1. The summed E-state index contributed by atoms with van der Waals surface area (Å²) in [6, 6.07) is 20.2. The third-order valence-corrected chi connectivity index (χ3v) is 9.31. The minimum Gasteiger partial charge on any atom is -0.494 e. The number of nitro benzene ring substituents is 1. The number of hydrogen-bond acceptors (Lipinski definition) is 11. The second-order valence-electron chi connectivity index (χ2n) is 12.1. The van der Waals surface area contributed by atoms with Gasteiger partial charge in [-0.25, -0.2) is 4.98 Å². The molecule has 2 N–H and O–H groups in total. The van der Waals surface area contributed by atoms with E-state index in [0.717, 1.165) is 75.7 Å². The predicted molar refractivity (Wildman–Crippen MR) is 190 cm³/mol. The van der Waals surface area contributed by atoms with E-state index in [1.807, 2.05) is 36.4 Å². The number of ketones is 1. The largest absolute Gasteiger partial charge is 0.494 e. The van der Waals surface area contributed by atoms with Crippen LogP contribution < -0.4 is 25.2 Å². The van der Waals surface area contributed by atoms with Crippen LogP contribution in [-0.2, 0) is 0 Å². The third kappa shape index (κ3) is 7.77. The molecule has 0 saturated carbocycles. The Hall–Kier alpha value is -4.94. The summed E-state index contributed by atoms with van der Waals surface area (Å²) in [6.07, 6.45) is 3.74. The summed E-state index contributed by atoms with van der Waals surface area (Å²) in [5, 5.41) is 17.7. The van der Waals surface area contributed by atoms with Crippen LogP contribution in [0.4, 0.5) is 40.2 Å². The van der Waals surface area contributed by atoms with E-state index >= 15 is 0 Å². The highest BCUT2D eigenvalue weighted by Crippen LogP contribution is 2.34. The molecular formula is C35H39ClN8O4. The highest BCUT2D eigenvalue weighted by molar-refractivity contribution is 6.33. The van der Waals surface area contributed by atoms with Crippen LogP contribution in [0.2, 0.25) is 5.02 Å². The van der Waals surface area contributed by atoms with Gasteiger partial charge in [0.15, 0.2) is 11.6 Å². The van der Waals surface area contributed by atoms with Gasteiger partial charge in [0, 0.05) is 81.0 Å². The minimum atomic E-state index is -0.356. The Balaban J connectivity index is 1.02. The first-order chi connectivity index (χ1) is 23.3. The molecule has 4 aromatic rings. The normalized spacial score (nSPS) is 15.6. The maximum absolute atomic E-state index is 12.1. The number of carbonyl (C=O) groups is 1. The van der Waals surface area contributed by atoms with Crippen molar-refractivity contribution in [3.63, 3.8) is 0 Å². The number of halogens is 1. The number of piperidine rings is 1. The summed E-state index contributed by atoms with van der Waals surface area (Å²) < 4.78 is 5.75. The lowest BCUT2D eigenvalue weighted by Gasteiger charge is -2.40. The first-order valence-corrected chi connectivity index (χ1v) is 16.5. The van der Waals surface area contributed by atoms with Crippen molar-refractivity contribution in [3.05, 3.63) is 93.6 Å². The Morgan fingerprint density at radius 1 is 0.938 bits per heavy atom. The topological polar surface area (TPSA) is 129 Å². The van der Waals surface area contributed by atoms with Gasteiger partial charge in [0.1, 0.15) is 10.8 Å². The van der Waals surface area contributed by atoms with Crippen molar-refractivity contribution in [1.82, 2.24) is 14.9 Å².